The number of ether oxygens (including phenoxy) is 1. The van der Waals surface area contributed by atoms with Gasteiger partial charge in [0, 0.05) is 30.7 Å². The van der Waals surface area contributed by atoms with Gasteiger partial charge in [-0.1, -0.05) is 44.2 Å². The molecule has 0 saturated heterocycles. The van der Waals surface area contributed by atoms with Crippen LogP contribution in [0.25, 0.3) is 10.9 Å². The minimum Gasteiger partial charge on any atom is -0.462 e. The van der Waals surface area contributed by atoms with Crippen molar-refractivity contribution >= 4 is 22.8 Å². The molecule has 0 fully saturated rings. The van der Waals surface area contributed by atoms with Gasteiger partial charge in [0.2, 0.25) is 5.91 Å². The minimum absolute atomic E-state index is 0.0508. The van der Waals surface area contributed by atoms with Gasteiger partial charge in [0.15, 0.2) is 0 Å². The van der Waals surface area contributed by atoms with E-state index in [2.05, 4.69) is 22.4 Å². The zero-order valence-corrected chi connectivity index (χ0v) is 18.4. The smallest absolute Gasteiger partial charge is 0.338 e. The third-order valence-corrected chi connectivity index (χ3v) is 5.68. The van der Waals surface area contributed by atoms with E-state index in [9.17, 15) is 9.59 Å². The molecule has 1 aliphatic heterocycles. The molecule has 6 heteroatoms. The number of benzene rings is 2. The first-order valence-corrected chi connectivity index (χ1v) is 10.7. The number of aromatic amines is 1. The maximum absolute atomic E-state index is 12.8. The summed E-state index contributed by atoms with van der Waals surface area (Å²) in [5, 5.41) is 4.67. The second-order valence-corrected chi connectivity index (χ2v) is 8.77. The number of carbonyl (C=O) groups is 2. The van der Waals surface area contributed by atoms with Crippen molar-refractivity contribution in [1.29, 1.82) is 0 Å². The third kappa shape index (κ3) is 4.21. The van der Waals surface area contributed by atoms with Crippen LogP contribution in [0.5, 0.6) is 0 Å². The lowest BCUT2D eigenvalue weighted by Crippen LogP contribution is -2.49. The number of carbonyl (C=O) groups excluding carboxylic acids is 2. The van der Waals surface area contributed by atoms with Crippen LogP contribution in [0.3, 0.4) is 0 Å². The molecule has 0 radical (unpaired) electrons. The van der Waals surface area contributed by atoms with Crippen molar-refractivity contribution in [2.24, 2.45) is 5.92 Å². The molecule has 0 saturated carbocycles. The number of para-hydroxylation sites is 1. The summed E-state index contributed by atoms with van der Waals surface area (Å²) in [4.78, 5) is 30.3. The van der Waals surface area contributed by atoms with E-state index in [-0.39, 0.29) is 24.0 Å². The molecule has 2 heterocycles. The number of H-pyrrole nitrogens is 1. The van der Waals surface area contributed by atoms with Crippen molar-refractivity contribution in [3.8, 4) is 0 Å². The molecule has 1 amide bonds. The molecular weight excluding hydrogens is 390 g/mol. The second kappa shape index (κ2) is 8.55. The Bertz CT molecular complexity index is 1100. The van der Waals surface area contributed by atoms with Gasteiger partial charge in [-0.15, -0.1) is 0 Å². The highest BCUT2D eigenvalue weighted by Crippen LogP contribution is 2.35. The van der Waals surface area contributed by atoms with E-state index in [0.29, 0.717) is 24.5 Å². The topological polar surface area (TPSA) is 74.4 Å². The van der Waals surface area contributed by atoms with Gasteiger partial charge in [0.05, 0.1) is 24.3 Å². The van der Waals surface area contributed by atoms with Crippen molar-refractivity contribution in [1.82, 2.24) is 15.2 Å². The summed E-state index contributed by atoms with van der Waals surface area (Å²) in [6, 6.07) is 15.1. The molecule has 2 aromatic carbocycles. The van der Waals surface area contributed by atoms with Gasteiger partial charge >= 0.3 is 5.97 Å². The fourth-order valence-electron chi connectivity index (χ4n) is 4.11. The van der Waals surface area contributed by atoms with Gasteiger partial charge in [-0.05, 0) is 41.7 Å². The van der Waals surface area contributed by atoms with E-state index < -0.39 is 0 Å². The predicted octanol–water partition coefficient (Wildman–Crippen LogP) is 3.67. The van der Waals surface area contributed by atoms with Gasteiger partial charge in [-0.2, -0.15) is 0 Å². The van der Waals surface area contributed by atoms with E-state index in [1.807, 2.05) is 38.1 Å². The molecule has 31 heavy (non-hydrogen) atoms. The normalized spacial score (nSPS) is 18.1. The average Bonchev–Trinajstić information content (AvgIpc) is 3.15. The van der Waals surface area contributed by atoms with Crippen LogP contribution in [-0.4, -0.2) is 48.5 Å². The summed E-state index contributed by atoms with van der Waals surface area (Å²) in [5.74, 6) is 0.0277. The number of hydrogen-bond acceptors (Lipinski definition) is 4. The largest absolute Gasteiger partial charge is 0.462 e. The average molecular weight is 420 g/mol. The highest BCUT2D eigenvalue weighted by Gasteiger charge is 2.34. The summed E-state index contributed by atoms with van der Waals surface area (Å²) in [6.45, 7) is 4.42. The monoisotopic (exact) mass is 419 g/mol. The second-order valence-electron chi connectivity index (χ2n) is 8.77. The standard InChI is InChI=1S/C25H29N3O3/c1-15(2)14-31-25(30)17-11-9-16(10-12-17)22-23-19(13-21(27-22)24(29)28(3)4)18-7-5-6-8-20(18)26-23/h5-12,15,21-22,26-27H,13-14H2,1-4H3/t21-,22-/m1/s1. The fourth-order valence-corrected chi connectivity index (χ4v) is 4.11. The molecule has 162 valence electrons. The van der Waals surface area contributed by atoms with Gasteiger partial charge in [0.1, 0.15) is 0 Å². The number of fused-ring (bicyclic) bond motifs is 3. The molecule has 2 atom stereocenters. The maximum atomic E-state index is 12.8. The SMILES string of the molecule is CC(C)COC(=O)c1ccc([C@H]2N[C@@H](C(=O)N(C)C)Cc3c2[nH]c2ccccc32)cc1. The fraction of sp³-hybridized carbons (Fsp3) is 0.360. The van der Waals surface area contributed by atoms with Crippen molar-refractivity contribution < 1.29 is 14.3 Å². The van der Waals surface area contributed by atoms with Crippen LogP contribution in [0.2, 0.25) is 0 Å². The molecule has 4 rings (SSSR count). The highest BCUT2D eigenvalue weighted by atomic mass is 16.5. The van der Waals surface area contributed by atoms with E-state index in [1.165, 1.54) is 5.56 Å². The van der Waals surface area contributed by atoms with Crippen LogP contribution in [0.1, 0.15) is 47.1 Å². The lowest BCUT2D eigenvalue weighted by Gasteiger charge is -2.32. The molecule has 1 aliphatic rings. The summed E-state index contributed by atoms with van der Waals surface area (Å²) in [6.07, 6.45) is 0.631. The van der Waals surface area contributed by atoms with Crippen molar-refractivity contribution in [3.63, 3.8) is 0 Å². The first-order valence-electron chi connectivity index (χ1n) is 10.7. The molecule has 0 aliphatic carbocycles. The first kappa shape index (κ1) is 21.1. The van der Waals surface area contributed by atoms with Crippen molar-refractivity contribution in [2.45, 2.75) is 32.4 Å². The number of nitrogens with zero attached hydrogens (tertiary/aromatic N) is 1. The van der Waals surface area contributed by atoms with Crippen molar-refractivity contribution in [3.05, 3.63) is 70.9 Å². The zero-order chi connectivity index (χ0) is 22.1. The molecule has 2 N–H and O–H groups in total. The number of rotatable bonds is 5. The summed E-state index contributed by atoms with van der Waals surface area (Å²) in [5.41, 5.74) is 4.81. The number of nitrogens with one attached hydrogen (secondary N) is 2. The van der Waals surface area contributed by atoms with Crippen LogP contribution in [0, 0.1) is 5.92 Å². The Balaban J connectivity index is 1.68. The van der Waals surface area contributed by atoms with Crippen LogP contribution in [0.4, 0.5) is 0 Å². The maximum Gasteiger partial charge on any atom is 0.338 e. The third-order valence-electron chi connectivity index (χ3n) is 5.68. The zero-order valence-electron chi connectivity index (χ0n) is 18.4. The van der Waals surface area contributed by atoms with Crippen LogP contribution in [-0.2, 0) is 16.0 Å². The Morgan fingerprint density at radius 1 is 1.10 bits per heavy atom. The van der Waals surface area contributed by atoms with Crippen LogP contribution >= 0.6 is 0 Å². The van der Waals surface area contributed by atoms with Gasteiger partial charge < -0.3 is 14.6 Å². The predicted molar refractivity (Wildman–Crippen MR) is 121 cm³/mol. The molecular formula is C25H29N3O3. The van der Waals surface area contributed by atoms with E-state index in [4.69, 9.17) is 4.74 Å². The molecule has 0 unspecified atom stereocenters. The molecule has 1 aromatic heterocycles. The molecule has 0 bridgehead atoms. The summed E-state index contributed by atoms with van der Waals surface area (Å²) < 4.78 is 5.33. The summed E-state index contributed by atoms with van der Waals surface area (Å²) >= 11 is 0. The minimum atomic E-state index is -0.317. The molecule has 3 aromatic rings. The van der Waals surface area contributed by atoms with E-state index in [0.717, 1.165) is 22.2 Å². The number of esters is 1. The van der Waals surface area contributed by atoms with Crippen LogP contribution in [0.15, 0.2) is 48.5 Å². The van der Waals surface area contributed by atoms with Gasteiger partial charge in [0.25, 0.3) is 0 Å². The number of hydrogen-bond donors (Lipinski definition) is 2. The van der Waals surface area contributed by atoms with Gasteiger partial charge in [-0.25, -0.2) is 4.79 Å². The Kier molecular flexibility index (Phi) is 5.83. The number of amides is 1. The lowest BCUT2D eigenvalue weighted by atomic mass is 9.89. The van der Waals surface area contributed by atoms with Gasteiger partial charge in [-0.3, -0.25) is 10.1 Å². The Hall–Kier alpha value is -3.12. The Morgan fingerprint density at radius 2 is 1.81 bits per heavy atom. The highest BCUT2D eigenvalue weighted by molar-refractivity contribution is 5.90. The first-order chi connectivity index (χ1) is 14.8. The lowest BCUT2D eigenvalue weighted by molar-refractivity contribution is -0.131. The van der Waals surface area contributed by atoms with E-state index >= 15 is 0 Å². The van der Waals surface area contributed by atoms with Crippen LogP contribution < -0.4 is 5.32 Å². The van der Waals surface area contributed by atoms with E-state index in [1.54, 1.807) is 31.1 Å². The van der Waals surface area contributed by atoms with Crippen molar-refractivity contribution in [2.75, 3.05) is 20.7 Å². The number of likely N-dealkylation sites (N-methyl/N-ethyl adjacent to an activating group) is 1. The molecule has 6 nitrogen and oxygen atoms in total. The Labute approximate surface area is 182 Å². The molecule has 0 spiro atoms. The Morgan fingerprint density at radius 3 is 2.48 bits per heavy atom. The summed E-state index contributed by atoms with van der Waals surface area (Å²) in [7, 11) is 3.56. The number of aromatic nitrogens is 1. The quantitative estimate of drug-likeness (QED) is 0.619.